The highest BCUT2D eigenvalue weighted by atomic mass is 32.2. The van der Waals surface area contributed by atoms with Crippen molar-refractivity contribution in [2.75, 3.05) is 13.7 Å². The molecule has 0 radical (unpaired) electrons. The lowest BCUT2D eigenvalue weighted by atomic mass is 9.88. The minimum Gasteiger partial charge on any atom is -0.497 e. The van der Waals surface area contributed by atoms with Gasteiger partial charge in [-0.3, -0.25) is 19.1 Å². The number of carbonyl (C=O) groups is 4. The predicted octanol–water partition coefficient (Wildman–Crippen LogP) is 3.38. The van der Waals surface area contributed by atoms with Gasteiger partial charge in [0.2, 0.25) is 27.7 Å². The van der Waals surface area contributed by atoms with Crippen molar-refractivity contribution < 1.29 is 41.8 Å². The number of nitrogens with zero attached hydrogens (tertiary/aromatic N) is 3. The van der Waals surface area contributed by atoms with Gasteiger partial charge in [-0.2, -0.15) is 0 Å². The molecule has 2 aliphatic carbocycles. The molecule has 6 rings (SSSR count). The van der Waals surface area contributed by atoms with Gasteiger partial charge in [-0.1, -0.05) is 26.0 Å². The van der Waals surface area contributed by atoms with Gasteiger partial charge in [0, 0.05) is 18.4 Å². The van der Waals surface area contributed by atoms with E-state index in [2.05, 4.69) is 32.2 Å². The summed E-state index contributed by atoms with van der Waals surface area (Å²) in [5.74, 6) is -1.73. The van der Waals surface area contributed by atoms with Crippen LogP contribution >= 0.6 is 0 Å². The van der Waals surface area contributed by atoms with Crippen molar-refractivity contribution in [1.82, 2.24) is 30.2 Å². The first kappa shape index (κ1) is 38.3. The van der Waals surface area contributed by atoms with Crippen LogP contribution in [0.25, 0.3) is 10.9 Å². The zero-order chi connectivity index (χ0) is 38.3. The van der Waals surface area contributed by atoms with Crippen LogP contribution in [0.3, 0.4) is 0 Å². The lowest BCUT2D eigenvalue weighted by Crippen LogP contribution is -2.59. The van der Waals surface area contributed by atoms with E-state index in [0.717, 1.165) is 6.42 Å². The molecule has 16 heteroatoms. The Hall–Kier alpha value is -4.47. The normalized spacial score (nSPS) is 30.1. The van der Waals surface area contributed by atoms with Gasteiger partial charge in [0.1, 0.15) is 41.4 Å². The number of alkyl carbamates (subject to hydrolysis) is 1. The molecule has 53 heavy (non-hydrogen) atoms. The number of aromatic nitrogens is 2. The number of nitrogens with one attached hydrogen (secondary N) is 3. The van der Waals surface area contributed by atoms with Crippen LogP contribution in [0.4, 0.5) is 4.79 Å². The van der Waals surface area contributed by atoms with Crippen molar-refractivity contribution in [3.63, 3.8) is 0 Å². The zero-order valence-electron chi connectivity index (χ0n) is 31.1. The van der Waals surface area contributed by atoms with Gasteiger partial charge in [0.05, 0.1) is 29.8 Å². The van der Waals surface area contributed by atoms with E-state index in [1.165, 1.54) is 11.2 Å². The first-order valence-corrected chi connectivity index (χ1v) is 19.8. The number of fused-ring (bicyclic) bond motifs is 3. The number of sulfonamides is 1. The second-order valence-corrected chi connectivity index (χ2v) is 17.9. The lowest BCUT2D eigenvalue weighted by Gasteiger charge is -2.33. The minimum absolute atomic E-state index is 0.0295. The van der Waals surface area contributed by atoms with E-state index in [1.54, 1.807) is 46.1 Å². The Morgan fingerprint density at radius 1 is 1.08 bits per heavy atom. The number of hydrogen-bond acceptors (Lipinski definition) is 11. The predicted molar refractivity (Wildman–Crippen MR) is 194 cm³/mol. The third kappa shape index (κ3) is 8.68. The Morgan fingerprint density at radius 2 is 1.83 bits per heavy atom. The van der Waals surface area contributed by atoms with Crippen molar-refractivity contribution in [2.45, 2.75) is 114 Å². The van der Waals surface area contributed by atoms with Gasteiger partial charge < -0.3 is 29.7 Å². The van der Waals surface area contributed by atoms with E-state index in [4.69, 9.17) is 14.2 Å². The highest BCUT2D eigenvalue weighted by molar-refractivity contribution is 7.91. The molecule has 4 amide bonds. The number of rotatable bonds is 7. The Kier molecular flexibility index (Phi) is 10.6. The molecule has 1 aromatic carbocycles. The third-order valence-corrected chi connectivity index (χ3v) is 12.2. The monoisotopic (exact) mass is 754 g/mol. The Morgan fingerprint density at radius 3 is 2.53 bits per heavy atom. The van der Waals surface area contributed by atoms with Crippen LogP contribution in [0.2, 0.25) is 0 Å². The first-order chi connectivity index (χ1) is 25.0. The standard InChI is InChI=1S/C37H50N6O9S/c1-21-9-7-8-10-23-18-37(23,34(46)42-53(48,49)26-12-13-26)41-31(44)29-17-25(51-32-27-14-11-24(50-6)16-28(27)38-20-39-32)19-43(29)33(45)30(22(2)15-21)40-35(47)52-36(3,4)5/h8,10-11,14,16,20-23,25-26,29-30H,7,9,12-13,15,17-19H2,1-6H3,(H,40,47)(H,41,44)(H,42,46)/b10-8-/t21-,22+,23+,25+,29-,30-,37+/m0/s1. The maximum absolute atomic E-state index is 14.7. The van der Waals surface area contributed by atoms with Gasteiger partial charge in [-0.05, 0) is 83.3 Å². The smallest absolute Gasteiger partial charge is 0.408 e. The van der Waals surface area contributed by atoms with Crippen LogP contribution in [0.15, 0.2) is 36.7 Å². The van der Waals surface area contributed by atoms with Crippen LogP contribution in [0.5, 0.6) is 11.6 Å². The average Bonchev–Trinajstić information content (AvgIpc) is 4.01. The second kappa shape index (κ2) is 14.7. The molecular formula is C37H50N6O9S. The summed E-state index contributed by atoms with van der Waals surface area (Å²) in [6, 6.07) is 3.07. The Balaban J connectivity index is 1.34. The fourth-order valence-corrected chi connectivity index (χ4v) is 8.69. The molecule has 15 nitrogen and oxygen atoms in total. The second-order valence-electron chi connectivity index (χ2n) is 15.9. The summed E-state index contributed by atoms with van der Waals surface area (Å²) >= 11 is 0. The summed E-state index contributed by atoms with van der Waals surface area (Å²) in [6.07, 6.45) is 6.89. The maximum Gasteiger partial charge on any atom is 0.408 e. The molecule has 1 saturated heterocycles. The fraction of sp³-hybridized carbons (Fsp3) is 0.622. The number of methoxy groups -OCH3 is 1. The van der Waals surface area contributed by atoms with Crippen LogP contribution in [0, 0.1) is 17.8 Å². The van der Waals surface area contributed by atoms with E-state index >= 15 is 0 Å². The van der Waals surface area contributed by atoms with Gasteiger partial charge in [0.15, 0.2) is 0 Å². The number of allylic oxidation sites excluding steroid dienone is 1. The van der Waals surface area contributed by atoms with Crippen molar-refractivity contribution in [3.05, 3.63) is 36.7 Å². The maximum atomic E-state index is 14.7. The van der Waals surface area contributed by atoms with E-state index < -0.39 is 74.3 Å². The Labute approximate surface area is 310 Å². The van der Waals surface area contributed by atoms with E-state index in [-0.39, 0.29) is 37.1 Å². The van der Waals surface area contributed by atoms with Crippen molar-refractivity contribution in [2.24, 2.45) is 17.8 Å². The molecule has 0 bridgehead atoms. The molecule has 7 atom stereocenters. The molecule has 3 heterocycles. The highest BCUT2D eigenvalue weighted by Crippen LogP contribution is 2.46. The van der Waals surface area contributed by atoms with Gasteiger partial charge in [0.25, 0.3) is 5.91 Å². The molecular weight excluding hydrogens is 705 g/mol. The number of amides is 4. The largest absolute Gasteiger partial charge is 0.497 e. The van der Waals surface area contributed by atoms with Crippen LogP contribution < -0.4 is 24.8 Å². The van der Waals surface area contributed by atoms with Gasteiger partial charge >= 0.3 is 6.09 Å². The summed E-state index contributed by atoms with van der Waals surface area (Å²) in [6.45, 7) is 9.11. The van der Waals surface area contributed by atoms with Crippen LogP contribution in [-0.4, -0.2) is 95.3 Å². The molecule has 3 N–H and O–H groups in total. The minimum atomic E-state index is -3.90. The quantitative estimate of drug-likeness (QED) is 0.351. The van der Waals surface area contributed by atoms with Crippen molar-refractivity contribution in [3.8, 4) is 11.6 Å². The molecule has 2 aliphatic heterocycles. The number of carbonyl (C=O) groups excluding carboxylic acids is 4. The molecule has 0 spiro atoms. The lowest BCUT2D eigenvalue weighted by molar-refractivity contribution is -0.142. The number of ether oxygens (including phenoxy) is 3. The van der Waals surface area contributed by atoms with E-state index in [9.17, 15) is 27.6 Å². The topological polar surface area (TPSA) is 195 Å². The fourth-order valence-electron chi connectivity index (χ4n) is 7.32. The molecule has 4 aliphatic rings. The Bertz CT molecular complexity index is 1890. The molecule has 3 fully saturated rings. The summed E-state index contributed by atoms with van der Waals surface area (Å²) in [5.41, 5.74) is -1.77. The van der Waals surface area contributed by atoms with E-state index in [0.29, 0.717) is 42.3 Å². The van der Waals surface area contributed by atoms with Gasteiger partial charge in [-0.25, -0.2) is 23.2 Å². The average molecular weight is 755 g/mol. The zero-order valence-corrected chi connectivity index (χ0v) is 31.9. The van der Waals surface area contributed by atoms with Crippen molar-refractivity contribution in [1.29, 1.82) is 0 Å². The summed E-state index contributed by atoms with van der Waals surface area (Å²) in [7, 11) is -2.35. The van der Waals surface area contributed by atoms with E-state index in [1.807, 2.05) is 19.1 Å². The number of hydrogen-bond donors (Lipinski definition) is 3. The summed E-state index contributed by atoms with van der Waals surface area (Å²) < 4.78 is 45.2. The summed E-state index contributed by atoms with van der Waals surface area (Å²) in [4.78, 5) is 66.0. The number of benzene rings is 1. The molecule has 1 aromatic heterocycles. The first-order valence-electron chi connectivity index (χ1n) is 18.3. The third-order valence-electron chi connectivity index (χ3n) is 10.4. The molecule has 2 saturated carbocycles. The van der Waals surface area contributed by atoms with Crippen LogP contribution in [-0.2, 0) is 29.1 Å². The van der Waals surface area contributed by atoms with Crippen molar-refractivity contribution >= 4 is 44.7 Å². The van der Waals surface area contributed by atoms with Crippen LogP contribution in [0.1, 0.15) is 79.6 Å². The molecule has 2 aromatic rings. The molecule has 288 valence electrons. The highest BCUT2D eigenvalue weighted by Gasteiger charge is 2.62. The van der Waals surface area contributed by atoms with Gasteiger partial charge in [-0.15, -0.1) is 0 Å². The summed E-state index contributed by atoms with van der Waals surface area (Å²) in [5, 5.41) is 5.64. The SMILES string of the molecule is COc1ccc2c(O[C@@H]3C[C@H]4C(=O)N[C@]5(C(=O)NS(=O)(=O)C6CC6)C[C@H]5/C=C\CC[C@H](C)C[C@@H](C)[C@H](NC(=O)OC(C)(C)C)C(=O)N4C3)ncnc2c1. The molecule has 0 unspecified atom stereocenters.